The van der Waals surface area contributed by atoms with Gasteiger partial charge in [-0.3, -0.25) is 9.69 Å². The van der Waals surface area contributed by atoms with Gasteiger partial charge in [0.25, 0.3) is 5.91 Å². The number of thioether (sulfide) groups is 1. The topological polar surface area (TPSA) is 40.6 Å². The minimum Gasteiger partial charge on any atom is -0.301 e. The van der Waals surface area contributed by atoms with Crippen molar-refractivity contribution in [3.8, 4) is 0 Å². The normalized spacial score (nSPS) is 18.6. The molecule has 1 aliphatic heterocycles. The van der Waals surface area contributed by atoms with Crippen LogP contribution in [0.5, 0.6) is 0 Å². The van der Waals surface area contributed by atoms with Gasteiger partial charge < -0.3 is 4.90 Å². The molecule has 1 fully saturated rings. The van der Waals surface area contributed by atoms with Crippen LogP contribution in [0.3, 0.4) is 0 Å². The molecule has 0 bridgehead atoms. The van der Waals surface area contributed by atoms with Crippen molar-refractivity contribution in [2.45, 2.75) is 24.3 Å². The van der Waals surface area contributed by atoms with Crippen molar-refractivity contribution in [3.63, 3.8) is 0 Å². The Kier molecular flexibility index (Phi) is 3.34. The first-order valence-electron chi connectivity index (χ1n) is 5.72. The van der Waals surface area contributed by atoms with E-state index < -0.39 is 5.54 Å². The van der Waals surface area contributed by atoms with Crippen molar-refractivity contribution in [3.05, 3.63) is 30.3 Å². The van der Waals surface area contributed by atoms with E-state index in [1.807, 2.05) is 30.3 Å². The molecule has 1 aromatic rings. The van der Waals surface area contributed by atoms with E-state index in [2.05, 4.69) is 0 Å². The molecular formula is C13H16N2O2S. The second-order valence-corrected chi connectivity index (χ2v) is 5.74. The summed E-state index contributed by atoms with van der Waals surface area (Å²) in [5, 5.41) is 0. The molecule has 0 unspecified atom stereocenters. The number of benzene rings is 1. The molecule has 0 spiro atoms. The van der Waals surface area contributed by atoms with Gasteiger partial charge in [-0.05, 0) is 26.0 Å². The first kappa shape index (κ1) is 13.0. The molecule has 0 aliphatic carbocycles. The van der Waals surface area contributed by atoms with Crippen LogP contribution < -0.4 is 0 Å². The predicted molar refractivity (Wildman–Crippen MR) is 71.3 cm³/mol. The Morgan fingerprint density at radius 2 is 1.78 bits per heavy atom. The molecule has 0 radical (unpaired) electrons. The fraction of sp³-hybridized carbons (Fsp3) is 0.385. The zero-order valence-electron chi connectivity index (χ0n) is 10.7. The minimum absolute atomic E-state index is 0.152. The lowest BCUT2D eigenvalue weighted by Crippen LogP contribution is -2.43. The molecule has 18 heavy (non-hydrogen) atoms. The monoisotopic (exact) mass is 264 g/mol. The summed E-state index contributed by atoms with van der Waals surface area (Å²) in [6.45, 7) is 3.56. The number of hydrogen-bond acceptors (Lipinski definition) is 3. The van der Waals surface area contributed by atoms with Gasteiger partial charge >= 0.3 is 6.03 Å². The highest BCUT2D eigenvalue weighted by Crippen LogP contribution is 2.30. The molecule has 2 rings (SSSR count). The molecule has 96 valence electrons. The first-order chi connectivity index (χ1) is 8.44. The number of nitrogens with zero attached hydrogens (tertiary/aromatic N) is 2. The molecule has 0 atom stereocenters. The number of hydrogen-bond donors (Lipinski definition) is 0. The lowest BCUT2D eigenvalue weighted by atomic mass is 10.1. The number of rotatable bonds is 3. The average molecular weight is 264 g/mol. The second-order valence-electron chi connectivity index (χ2n) is 4.72. The van der Waals surface area contributed by atoms with Crippen LogP contribution in [0.4, 0.5) is 4.79 Å². The number of urea groups is 1. The molecule has 3 amide bonds. The molecule has 1 aliphatic rings. The summed E-state index contributed by atoms with van der Waals surface area (Å²) in [7, 11) is 1.53. The molecule has 1 aromatic carbocycles. The van der Waals surface area contributed by atoms with Crippen LogP contribution in [0.15, 0.2) is 35.2 Å². The summed E-state index contributed by atoms with van der Waals surface area (Å²) in [4.78, 5) is 27.8. The SMILES string of the molecule is CN1C(=O)N(CSc2ccccc2)C(C)(C)C1=O. The van der Waals surface area contributed by atoms with E-state index in [0.29, 0.717) is 5.88 Å². The van der Waals surface area contributed by atoms with Gasteiger partial charge in [-0.2, -0.15) is 0 Å². The number of amides is 3. The number of likely N-dealkylation sites (N-methyl/N-ethyl adjacent to an activating group) is 1. The van der Waals surface area contributed by atoms with Crippen molar-refractivity contribution < 1.29 is 9.59 Å². The van der Waals surface area contributed by atoms with Gasteiger partial charge in [-0.15, -0.1) is 11.8 Å². The molecule has 0 aromatic heterocycles. The van der Waals surface area contributed by atoms with E-state index in [9.17, 15) is 9.59 Å². The molecule has 5 heteroatoms. The van der Waals surface area contributed by atoms with E-state index in [-0.39, 0.29) is 11.9 Å². The van der Waals surface area contributed by atoms with Gasteiger partial charge in [-0.25, -0.2) is 4.79 Å². The third-order valence-corrected chi connectivity index (χ3v) is 4.12. The summed E-state index contributed by atoms with van der Waals surface area (Å²) < 4.78 is 0. The summed E-state index contributed by atoms with van der Waals surface area (Å²) in [6, 6.07) is 9.61. The van der Waals surface area contributed by atoms with Crippen molar-refractivity contribution >= 4 is 23.7 Å². The fourth-order valence-corrected chi connectivity index (χ4v) is 2.97. The third-order valence-electron chi connectivity index (χ3n) is 3.12. The van der Waals surface area contributed by atoms with Gasteiger partial charge in [0.2, 0.25) is 0 Å². The van der Waals surface area contributed by atoms with Crippen LogP contribution in [0, 0.1) is 0 Å². The van der Waals surface area contributed by atoms with Crippen molar-refractivity contribution in [1.82, 2.24) is 9.80 Å². The lowest BCUT2D eigenvalue weighted by molar-refractivity contribution is -0.130. The van der Waals surface area contributed by atoms with Crippen LogP contribution in [0.25, 0.3) is 0 Å². The Bertz CT molecular complexity index is 473. The quantitative estimate of drug-likeness (QED) is 0.622. The summed E-state index contributed by atoms with van der Waals surface area (Å²) in [5.74, 6) is 0.326. The largest absolute Gasteiger partial charge is 0.328 e. The molecular weight excluding hydrogens is 248 g/mol. The summed E-state index contributed by atoms with van der Waals surface area (Å²) >= 11 is 1.55. The Hall–Kier alpha value is -1.49. The van der Waals surface area contributed by atoms with Crippen LogP contribution in [-0.2, 0) is 4.79 Å². The summed E-state index contributed by atoms with van der Waals surface area (Å²) in [5.41, 5.74) is -0.756. The van der Waals surface area contributed by atoms with Gasteiger partial charge in [0.05, 0.1) is 5.88 Å². The standard InChI is InChI=1S/C13H16N2O2S/c1-13(2)11(16)14(3)12(17)15(13)9-18-10-7-5-4-6-8-10/h4-8H,9H2,1-3H3. The van der Waals surface area contributed by atoms with Crippen LogP contribution in [0.1, 0.15) is 13.8 Å². The zero-order chi connectivity index (χ0) is 13.3. The average Bonchev–Trinajstić information content (AvgIpc) is 2.50. The zero-order valence-corrected chi connectivity index (χ0v) is 11.5. The van der Waals surface area contributed by atoms with Crippen molar-refractivity contribution in [1.29, 1.82) is 0 Å². The van der Waals surface area contributed by atoms with E-state index >= 15 is 0 Å². The summed E-state index contributed by atoms with van der Waals surface area (Å²) in [6.07, 6.45) is 0. The predicted octanol–water partition coefficient (Wildman–Crippen LogP) is 2.41. The maximum atomic E-state index is 12.0. The Labute approximate surface area is 111 Å². The van der Waals surface area contributed by atoms with Crippen molar-refractivity contribution in [2.75, 3.05) is 12.9 Å². The van der Waals surface area contributed by atoms with E-state index in [0.717, 1.165) is 4.90 Å². The van der Waals surface area contributed by atoms with Gasteiger partial charge in [0.1, 0.15) is 5.54 Å². The molecule has 0 saturated carbocycles. The van der Waals surface area contributed by atoms with Crippen LogP contribution in [-0.4, -0.2) is 40.2 Å². The fourth-order valence-electron chi connectivity index (χ4n) is 1.91. The number of imide groups is 1. The highest BCUT2D eigenvalue weighted by Gasteiger charge is 2.49. The number of carbonyl (C=O) groups is 2. The maximum absolute atomic E-state index is 12.0. The van der Waals surface area contributed by atoms with E-state index in [4.69, 9.17) is 0 Å². The van der Waals surface area contributed by atoms with Gasteiger partial charge in [0, 0.05) is 11.9 Å². The Morgan fingerprint density at radius 1 is 1.17 bits per heavy atom. The number of carbonyl (C=O) groups excluding carboxylic acids is 2. The Balaban J connectivity index is 2.10. The third kappa shape index (κ3) is 2.10. The smallest absolute Gasteiger partial charge is 0.301 e. The molecule has 1 saturated heterocycles. The highest BCUT2D eigenvalue weighted by atomic mass is 32.2. The van der Waals surface area contributed by atoms with Crippen molar-refractivity contribution in [2.24, 2.45) is 0 Å². The molecule has 0 N–H and O–H groups in total. The first-order valence-corrected chi connectivity index (χ1v) is 6.71. The van der Waals surface area contributed by atoms with Gasteiger partial charge in [0.15, 0.2) is 0 Å². The highest BCUT2D eigenvalue weighted by molar-refractivity contribution is 7.99. The Morgan fingerprint density at radius 3 is 2.28 bits per heavy atom. The van der Waals surface area contributed by atoms with E-state index in [1.165, 1.54) is 11.9 Å². The maximum Gasteiger partial charge on any atom is 0.328 e. The minimum atomic E-state index is -0.756. The second kappa shape index (κ2) is 4.65. The lowest BCUT2D eigenvalue weighted by Gasteiger charge is -2.27. The van der Waals surface area contributed by atoms with Crippen LogP contribution >= 0.6 is 11.8 Å². The van der Waals surface area contributed by atoms with Gasteiger partial charge in [-0.1, -0.05) is 18.2 Å². The van der Waals surface area contributed by atoms with Crippen LogP contribution in [0.2, 0.25) is 0 Å². The van der Waals surface area contributed by atoms with E-state index in [1.54, 1.807) is 30.5 Å². The molecule has 1 heterocycles. The molecule has 4 nitrogen and oxygen atoms in total.